The Morgan fingerprint density at radius 1 is 1.40 bits per heavy atom. The van der Waals surface area contributed by atoms with Crippen molar-refractivity contribution in [3.8, 4) is 0 Å². The second kappa shape index (κ2) is 5.73. The molecule has 20 heavy (non-hydrogen) atoms. The molecule has 0 bridgehead atoms. The minimum absolute atomic E-state index is 0.0568. The number of nitrogens with zero attached hydrogens (tertiary/aromatic N) is 4. The van der Waals surface area contributed by atoms with Crippen molar-refractivity contribution in [2.45, 2.75) is 13.3 Å². The van der Waals surface area contributed by atoms with Crippen LogP contribution in [0.15, 0.2) is 24.5 Å². The fourth-order valence-electron chi connectivity index (χ4n) is 2.35. The van der Waals surface area contributed by atoms with Gasteiger partial charge in [0, 0.05) is 33.0 Å². The topological polar surface area (TPSA) is 83.8 Å². The lowest BCUT2D eigenvalue weighted by atomic mass is 10.1. The lowest BCUT2D eigenvalue weighted by molar-refractivity contribution is 0.724. The summed E-state index contributed by atoms with van der Waals surface area (Å²) in [5.41, 5.74) is 8.40. The van der Waals surface area contributed by atoms with E-state index in [1.807, 2.05) is 33.2 Å². The van der Waals surface area contributed by atoms with Crippen molar-refractivity contribution in [3.05, 3.63) is 41.3 Å². The first-order valence-electron chi connectivity index (χ1n) is 6.48. The van der Waals surface area contributed by atoms with Gasteiger partial charge in [0.05, 0.1) is 11.3 Å². The molecule has 0 fully saturated rings. The van der Waals surface area contributed by atoms with Crippen LogP contribution in [0.5, 0.6) is 0 Å². The highest BCUT2D eigenvalue weighted by Crippen LogP contribution is 2.21. The van der Waals surface area contributed by atoms with E-state index in [1.165, 1.54) is 5.56 Å². The number of rotatable bonds is 5. The van der Waals surface area contributed by atoms with Crippen LogP contribution in [0.2, 0.25) is 0 Å². The average Bonchev–Trinajstić information content (AvgIpc) is 2.72. The van der Waals surface area contributed by atoms with Crippen LogP contribution in [-0.4, -0.2) is 34.2 Å². The number of aromatic nitrogens is 3. The minimum Gasteiger partial charge on any atom is -0.384 e. The second-order valence-electron chi connectivity index (χ2n) is 4.85. The number of amidine groups is 1. The van der Waals surface area contributed by atoms with E-state index in [9.17, 15) is 0 Å². The molecule has 0 atom stereocenters. The number of nitrogens with one attached hydrogen (secondary N) is 1. The summed E-state index contributed by atoms with van der Waals surface area (Å²) in [5.74, 6) is 0.936. The van der Waals surface area contributed by atoms with E-state index in [-0.39, 0.29) is 5.84 Å². The van der Waals surface area contributed by atoms with Gasteiger partial charge in [-0.1, -0.05) is 0 Å². The monoisotopic (exact) mass is 272 g/mol. The van der Waals surface area contributed by atoms with Crippen LogP contribution in [0.25, 0.3) is 0 Å². The lowest BCUT2D eigenvalue weighted by Crippen LogP contribution is -2.26. The molecule has 6 nitrogen and oxygen atoms in total. The SMILES string of the molecule is Cc1nn(C)c(N(C)CCc2ccncc2)c1C(=N)N. The predicted octanol–water partition coefficient (Wildman–Crippen LogP) is 1.09. The fraction of sp³-hybridized carbons (Fsp3) is 0.357. The Labute approximate surface area is 118 Å². The zero-order valence-electron chi connectivity index (χ0n) is 12.1. The average molecular weight is 272 g/mol. The molecule has 0 amide bonds. The Morgan fingerprint density at radius 3 is 2.65 bits per heavy atom. The van der Waals surface area contributed by atoms with Crippen LogP contribution in [0.4, 0.5) is 5.82 Å². The van der Waals surface area contributed by atoms with Gasteiger partial charge < -0.3 is 10.6 Å². The number of aryl methyl sites for hydroxylation is 2. The van der Waals surface area contributed by atoms with Crippen molar-refractivity contribution in [2.24, 2.45) is 12.8 Å². The number of hydrogen-bond donors (Lipinski definition) is 2. The van der Waals surface area contributed by atoms with Gasteiger partial charge in [-0.15, -0.1) is 0 Å². The largest absolute Gasteiger partial charge is 0.384 e. The van der Waals surface area contributed by atoms with Crippen LogP contribution in [0, 0.1) is 12.3 Å². The first-order chi connectivity index (χ1) is 9.50. The molecule has 0 aliphatic carbocycles. The van der Waals surface area contributed by atoms with Gasteiger partial charge in [-0.05, 0) is 31.0 Å². The number of nitrogen functional groups attached to an aromatic ring is 1. The van der Waals surface area contributed by atoms with Crippen LogP contribution < -0.4 is 10.6 Å². The highest BCUT2D eigenvalue weighted by atomic mass is 15.4. The molecule has 106 valence electrons. The molecule has 0 saturated carbocycles. The van der Waals surface area contributed by atoms with E-state index < -0.39 is 0 Å². The molecule has 2 aromatic heterocycles. The quantitative estimate of drug-likeness (QED) is 0.630. The molecular weight excluding hydrogens is 252 g/mol. The van der Waals surface area contributed by atoms with Gasteiger partial charge in [0.2, 0.25) is 0 Å². The van der Waals surface area contributed by atoms with E-state index in [4.69, 9.17) is 11.1 Å². The van der Waals surface area contributed by atoms with Gasteiger partial charge in [0.25, 0.3) is 0 Å². The molecule has 0 aromatic carbocycles. The standard InChI is InChI=1S/C14H20N6/c1-10-12(13(15)16)14(20(3)18-10)19(2)9-6-11-4-7-17-8-5-11/h4-5,7-8H,6,9H2,1-3H3,(H3,15,16). The zero-order valence-corrected chi connectivity index (χ0v) is 12.1. The number of pyridine rings is 1. The first-order valence-corrected chi connectivity index (χ1v) is 6.48. The predicted molar refractivity (Wildman–Crippen MR) is 80.2 cm³/mol. The third-order valence-corrected chi connectivity index (χ3v) is 3.31. The van der Waals surface area contributed by atoms with E-state index in [0.29, 0.717) is 5.56 Å². The van der Waals surface area contributed by atoms with Gasteiger partial charge >= 0.3 is 0 Å². The van der Waals surface area contributed by atoms with E-state index in [0.717, 1.165) is 24.5 Å². The van der Waals surface area contributed by atoms with Gasteiger partial charge in [-0.3, -0.25) is 15.1 Å². The molecule has 6 heteroatoms. The van der Waals surface area contributed by atoms with E-state index >= 15 is 0 Å². The second-order valence-corrected chi connectivity index (χ2v) is 4.85. The molecule has 0 saturated heterocycles. The summed E-state index contributed by atoms with van der Waals surface area (Å²) in [7, 11) is 3.86. The van der Waals surface area contributed by atoms with Crippen molar-refractivity contribution in [1.82, 2.24) is 14.8 Å². The molecule has 3 N–H and O–H groups in total. The molecule has 2 aromatic rings. The van der Waals surface area contributed by atoms with Crippen LogP contribution in [-0.2, 0) is 13.5 Å². The fourth-order valence-corrected chi connectivity index (χ4v) is 2.35. The highest BCUT2D eigenvalue weighted by Gasteiger charge is 2.18. The van der Waals surface area contributed by atoms with Crippen LogP contribution >= 0.6 is 0 Å². The third kappa shape index (κ3) is 2.79. The maximum atomic E-state index is 7.71. The van der Waals surface area contributed by atoms with Crippen molar-refractivity contribution >= 4 is 11.7 Å². The van der Waals surface area contributed by atoms with Crippen molar-refractivity contribution in [3.63, 3.8) is 0 Å². The van der Waals surface area contributed by atoms with E-state index in [2.05, 4.69) is 15.0 Å². The molecule has 0 spiro atoms. The Morgan fingerprint density at radius 2 is 2.05 bits per heavy atom. The van der Waals surface area contributed by atoms with Gasteiger partial charge in [0.15, 0.2) is 0 Å². The van der Waals surface area contributed by atoms with Crippen molar-refractivity contribution in [2.75, 3.05) is 18.5 Å². The molecule has 0 aliphatic rings. The van der Waals surface area contributed by atoms with E-state index in [1.54, 1.807) is 17.1 Å². The summed E-state index contributed by atoms with van der Waals surface area (Å²) in [5, 5.41) is 12.1. The molecule has 2 heterocycles. The van der Waals surface area contributed by atoms with Gasteiger partial charge in [0.1, 0.15) is 11.7 Å². The highest BCUT2D eigenvalue weighted by molar-refractivity contribution is 6.00. The maximum Gasteiger partial charge on any atom is 0.137 e. The Balaban J connectivity index is 2.17. The molecule has 0 radical (unpaired) electrons. The number of hydrogen-bond acceptors (Lipinski definition) is 4. The zero-order chi connectivity index (χ0) is 14.7. The van der Waals surface area contributed by atoms with Crippen LogP contribution in [0.1, 0.15) is 16.8 Å². The Bertz CT molecular complexity index is 602. The molecule has 2 rings (SSSR count). The minimum atomic E-state index is 0.0568. The molecule has 0 aliphatic heterocycles. The van der Waals surface area contributed by atoms with Crippen molar-refractivity contribution < 1.29 is 0 Å². The summed E-state index contributed by atoms with van der Waals surface area (Å²) < 4.78 is 1.78. The molecular formula is C14H20N6. The third-order valence-electron chi connectivity index (χ3n) is 3.31. The Hall–Kier alpha value is -2.37. The summed E-state index contributed by atoms with van der Waals surface area (Å²) in [4.78, 5) is 6.09. The summed E-state index contributed by atoms with van der Waals surface area (Å²) >= 11 is 0. The van der Waals surface area contributed by atoms with Gasteiger partial charge in [-0.25, -0.2) is 0 Å². The number of nitrogens with two attached hydrogens (primary N) is 1. The smallest absolute Gasteiger partial charge is 0.137 e. The number of anilines is 1. The van der Waals surface area contributed by atoms with Crippen LogP contribution in [0.3, 0.4) is 0 Å². The number of likely N-dealkylation sites (N-methyl/N-ethyl adjacent to an activating group) is 1. The Kier molecular flexibility index (Phi) is 4.02. The summed E-state index contributed by atoms with van der Waals surface area (Å²) in [6.45, 7) is 2.69. The summed E-state index contributed by atoms with van der Waals surface area (Å²) in [6, 6.07) is 4.02. The molecule has 0 unspecified atom stereocenters. The van der Waals surface area contributed by atoms with Crippen molar-refractivity contribution in [1.29, 1.82) is 5.41 Å². The summed E-state index contributed by atoms with van der Waals surface area (Å²) in [6.07, 6.45) is 4.50. The maximum absolute atomic E-state index is 7.71. The van der Waals surface area contributed by atoms with Gasteiger partial charge in [-0.2, -0.15) is 5.10 Å². The first kappa shape index (κ1) is 14.0. The normalized spacial score (nSPS) is 10.6. The lowest BCUT2D eigenvalue weighted by Gasteiger charge is -2.20.